The number of hydrogen-bond donors (Lipinski definition) is 2. The van der Waals surface area contributed by atoms with Crippen molar-refractivity contribution in [3.05, 3.63) is 35.4 Å². The van der Waals surface area contributed by atoms with E-state index < -0.39 is 0 Å². The lowest BCUT2D eigenvalue weighted by molar-refractivity contribution is 0.172. The third-order valence-corrected chi connectivity index (χ3v) is 4.36. The van der Waals surface area contributed by atoms with E-state index in [-0.39, 0.29) is 36.5 Å². The smallest absolute Gasteiger partial charge is 0.194 e. The van der Waals surface area contributed by atoms with Gasteiger partial charge < -0.3 is 15.3 Å². The van der Waals surface area contributed by atoms with E-state index >= 15 is 0 Å². The molecule has 1 aromatic carbocycles. The van der Waals surface area contributed by atoms with Crippen LogP contribution in [0.4, 0.5) is 0 Å². The van der Waals surface area contributed by atoms with Crippen LogP contribution in [0.15, 0.2) is 29.3 Å². The first-order valence-electron chi connectivity index (χ1n) is 9.04. The second kappa shape index (κ2) is 11.7. The van der Waals surface area contributed by atoms with Crippen molar-refractivity contribution in [3.63, 3.8) is 0 Å². The molecule has 1 aliphatic heterocycles. The van der Waals surface area contributed by atoms with E-state index in [0.29, 0.717) is 6.54 Å². The molecule has 0 bridgehead atoms. The van der Waals surface area contributed by atoms with Crippen molar-refractivity contribution in [1.29, 1.82) is 0 Å². The summed E-state index contributed by atoms with van der Waals surface area (Å²) in [6, 6.07) is 8.77. The molecule has 6 heteroatoms. The van der Waals surface area contributed by atoms with Crippen LogP contribution in [-0.4, -0.2) is 66.7 Å². The maximum Gasteiger partial charge on any atom is 0.194 e. The zero-order valence-corrected chi connectivity index (χ0v) is 18.1. The molecule has 142 valence electrons. The zero-order chi connectivity index (χ0) is 17.4. The van der Waals surface area contributed by atoms with Gasteiger partial charge in [-0.1, -0.05) is 36.8 Å². The topological polar surface area (TPSA) is 51.1 Å². The Kier molecular flexibility index (Phi) is 10.4. The maximum absolute atomic E-state index is 9.17. The highest BCUT2D eigenvalue weighted by atomic mass is 127. The molecule has 1 heterocycles. The van der Waals surface area contributed by atoms with E-state index in [9.17, 15) is 5.11 Å². The molecule has 1 saturated heterocycles. The molecule has 0 saturated carbocycles. The van der Waals surface area contributed by atoms with Crippen LogP contribution in [0.1, 0.15) is 25.0 Å². The number of benzene rings is 1. The molecule has 0 spiro atoms. The van der Waals surface area contributed by atoms with Gasteiger partial charge in [-0.25, -0.2) is 0 Å². The van der Waals surface area contributed by atoms with Gasteiger partial charge in [0.05, 0.1) is 0 Å². The third kappa shape index (κ3) is 7.50. The fourth-order valence-corrected chi connectivity index (χ4v) is 2.91. The van der Waals surface area contributed by atoms with E-state index in [1.807, 2.05) is 6.92 Å². The van der Waals surface area contributed by atoms with Crippen molar-refractivity contribution in [2.24, 2.45) is 10.9 Å². The Bertz CT molecular complexity index is 530. The minimum absolute atomic E-state index is 0. The van der Waals surface area contributed by atoms with Crippen molar-refractivity contribution < 1.29 is 5.11 Å². The molecule has 25 heavy (non-hydrogen) atoms. The SMILES string of the molecule is CCNC(=NCC(C)CO)N1CCN(Cc2cccc(C)c2)CC1.I. The molecule has 1 atom stereocenters. The van der Waals surface area contributed by atoms with Gasteiger partial charge in [-0.3, -0.25) is 9.89 Å². The number of nitrogens with one attached hydrogen (secondary N) is 1. The van der Waals surface area contributed by atoms with Gasteiger partial charge >= 0.3 is 0 Å². The Morgan fingerprint density at radius 3 is 2.60 bits per heavy atom. The molecular weight excluding hydrogens is 427 g/mol. The Morgan fingerprint density at radius 2 is 2.00 bits per heavy atom. The first-order valence-corrected chi connectivity index (χ1v) is 9.04. The number of nitrogens with zero attached hydrogens (tertiary/aromatic N) is 3. The predicted molar refractivity (Wildman–Crippen MR) is 116 cm³/mol. The van der Waals surface area contributed by atoms with E-state index in [1.165, 1.54) is 11.1 Å². The van der Waals surface area contributed by atoms with Gasteiger partial charge in [0.2, 0.25) is 0 Å². The fraction of sp³-hybridized carbons (Fsp3) is 0.632. The quantitative estimate of drug-likeness (QED) is 0.389. The van der Waals surface area contributed by atoms with Gasteiger partial charge in [0.25, 0.3) is 0 Å². The third-order valence-electron chi connectivity index (χ3n) is 4.36. The molecule has 2 rings (SSSR count). The number of aliphatic hydroxyl groups is 1. The molecule has 0 aromatic heterocycles. The fourth-order valence-electron chi connectivity index (χ4n) is 2.91. The summed E-state index contributed by atoms with van der Waals surface area (Å²) >= 11 is 0. The van der Waals surface area contributed by atoms with Gasteiger partial charge in [-0.05, 0) is 25.3 Å². The maximum atomic E-state index is 9.17. The lowest BCUT2D eigenvalue weighted by Crippen LogP contribution is -2.52. The van der Waals surface area contributed by atoms with Gasteiger partial charge in [-0.2, -0.15) is 0 Å². The second-order valence-corrected chi connectivity index (χ2v) is 6.73. The number of hydrogen-bond acceptors (Lipinski definition) is 3. The Morgan fingerprint density at radius 1 is 1.28 bits per heavy atom. The number of halogens is 1. The average molecular weight is 460 g/mol. The summed E-state index contributed by atoms with van der Waals surface area (Å²) in [7, 11) is 0. The van der Waals surface area contributed by atoms with E-state index in [2.05, 4.69) is 58.2 Å². The number of piperazine rings is 1. The van der Waals surface area contributed by atoms with Gasteiger partial charge in [0, 0.05) is 52.4 Å². The highest BCUT2D eigenvalue weighted by Gasteiger charge is 2.19. The Balaban J connectivity index is 0.00000312. The highest BCUT2D eigenvalue weighted by molar-refractivity contribution is 14.0. The lowest BCUT2D eigenvalue weighted by Gasteiger charge is -2.36. The molecule has 0 amide bonds. The van der Waals surface area contributed by atoms with Crippen LogP contribution in [0.3, 0.4) is 0 Å². The normalized spacial score (nSPS) is 17.1. The molecule has 2 N–H and O–H groups in total. The average Bonchev–Trinajstić information content (AvgIpc) is 2.59. The molecule has 0 radical (unpaired) electrons. The number of guanidine groups is 1. The van der Waals surface area contributed by atoms with Crippen LogP contribution >= 0.6 is 24.0 Å². The second-order valence-electron chi connectivity index (χ2n) is 6.73. The summed E-state index contributed by atoms with van der Waals surface area (Å²) in [6.07, 6.45) is 0. The minimum atomic E-state index is 0. The van der Waals surface area contributed by atoms with Gasteiger partial charge in [-0.15, -0.1) is 24.0 Å². The largest absolute Gasteiger partial charge is 0.396 e. The number of aliphatic hydroxyl groups excluding tert-OH is 1. The van der Waals surface area contributed by atoms with Crippen molar-refractivity contribution in [2.45, 2.75) is 27.3 Å². The van der Waals surface area contributed by atoms with Crippen molar-refractivity contribution in [1.82, 2.24) is 15.1 Å². The van der Waals surface area contributed by atoms with Crippen molar-refractivity contribution >= 4 is 29.9 Å². The zero-order valence-electron chi connectivity index (χ0n) is 15.7. The number of aryl methyl sites for hydroxylation is 1. The number of aliphatic imine (C=N–C) groups is 1. The molecular formula is C19H33IN4O. The Labute approximate surface area is 169 Å². The van der Waals surface area contributed by atoms with E-state index in [4.69, 9.17) is 0 Å². The molecule has 5 nitrogen and oxygen atoms in total. The monoisotopic (exact) mass is 460 g/mol. The van der Waals surface area contributed by atoms with Gasteiger partial charge in [0.15, 0.2) is 5.96 Å². The molecule has 0 aliphatic carbocycles. The van der Waals surface area contributed by atoms with Crippen LogP contribution in [-0.2, 0) is 6.54 Å². The summed E-state index contributed by atoms with van der Waals surface area (Å²) < 4.78 is 0. The summed E-state index contributed by atoms with van der Waals surface area (Å²) in [6.45, 7) is 13.1. The van der Waals surface area contributed by atoms with Crippen LogP contribution < -0.4 is 5.32 Å². The predicted octanol–water partition coefficient (Wildman–Crippen LogP) is 2.32. The Hall–Kier alpha value is -0.860. The number of rotatable bonds is 6. The molecule has 1 aromatic rings. The van der Waals surface area contributed by atoms with Crippen LogP contribution in [0, 0.1) is 12.8 Å². The van der Waals surface area contributed by atoms with Crippen molar-refractivity contribution in [2.75, 3.05) is 45.9 Å². The van der Waals surface area contributed by atoms with Crippen LogP contribution in [0.2, 0.25) is 0 Å². The molecule has 1 unspecified atom stereocenters. The standard InChI is InChI=1S/C19H32N4O.HI/c1-4-20-19(21-13-17(3)15-24)23-10-8-22(9-11-23)14-18-7-5-6-16(2)12-18;/h5-7,12,17,24H,4,8-11,13-15H2,1-3H3,(H,20,21);1H. The van der Waals surface area contributed by atoms with Crippen molar-refractivity contribution in [3.8, 4) is 0 Å². The van der Waals surface area contributed by atoms with Crippen LogP contribution in [0.25, 0.3) is 0 Å². The molecule has 1 fully saturated rings. The highest BCUT2D eigenvalue weighted by Crippen LogP contribution is 2.10. The van der Waals surface area contributed by atoms with E-state index in [0.717, 1.165) is 45.2 Å². The first kappa shape index (κ1) is 22.2. The minimum Gasteiger partial charge on any atom is -0.396 e. The summed E-state index contributed by atoms with van der Waals surface area (Å²) in [5, 5.41) is 12.6. The van der Waals surface area contributed by atoms with E-state index in [1.54, 1.807) is 0 Å². The van der Waals surface area contributed by atoms with Gasteiger partial charge in [0.1, 0.15) is 0 Å². The summed E-state index contributed by atoms with van der Waals surface area (Å²) in [5.74, 6) is 1.19. The lowest BCUT2D eigenvalue weighted by atomic mass is 10.1. The summed E-state index contributed by atoms with van der Waals surface area (Å²) in [4.78, 5) is 9.52. The molecule has 1 aliphatic rings. The summed E-state index contributed by atoms with van der Waals surface area (Å²) in [5.41, 5.74) is 2.71. The van der Waals surface area contributed by atoms with Crippen LogP contribution in [0.5, 0.6) is 0 Å². The first-order chi connectivity index (χ1) is 11.6.